The summed E-state index contributed by atoms with van der Waals surface area (Å²) in [5.41, 5.74) is 2.22. The normalized spacial score (nSPS) is 28.3. The molecule has 80 valence electrons. The molecule has 4 heteroatoms. The number of nitrogens with one attached hydrogen (secondary N) is 2. The smallest absolute Gasteiger partial charge is 0.0672 e. The summed E-state index contributed by atoms with van der Waals surface area (Å²) < 4.78 is 5.46. The minimum atomic E-state index is 0.414. The first-order valence-corrected chi connectivity index (χ1v) is 5.58. The molecule has 0 aromatic heterocycles. The average molecular weight is 225 g/mol. The second-order valence-electron chi connectivity index (χ2n) is 4.12. The predicted molar refractivity (Wildman–Crippen MR) is 61.7 cm³/mol. The van der Waals surface area contributed by atoms with Crippen LogP contribution < -0.4 is 10.6 Å². The van der Waals surface area contributed by atoms with E-state index in [0.717, 1.165) is 36.2 Å². The number of benzene rings is 1. The molecule has 1 aromatic carbocycles. The Bertz CT molecular complexity index is 383. The fourth-order valence-electron chi connectivity index (χ4n) is 2.19. The molecule has 2 aliphatic rings. The minimum Gasteiger partial charge on any atom is -0.383 e. The minimum absolute atomic E-state index is 0.414. The molecule has 2 aliphatic heterocycles. The van der Waals surface area contributed by atoms with Crippen LogP contribution in [-0.2, 0) is 4.74 Å². The fourth-order valence-corrected chi connectivity index (χ4v) is 2.36. The van der Waals surface area contributed by atoms with Gasteiger partial charge in [-0.05, 0) is 18.2 Å². The standard InChI is InChI=1S/C11H13ClN2O/c12-8-1-2-9-10(3-8)14-11-6-15-5-7(11)4-13-9/h1-3,7,11,13-14H,4-6H2. The van der Waals surface area contributed by atoms with Crippen molar-refractivity contribution in [3.05, 3.63) is 23.2 Å². The second-order valence-corrected chi connectivity index (χ2v) is 4.56. The lowest BCUT2D eigenvalue weighted by molar-refractivity contribution is 0.186. The summed E-state index contributed by atoms with van der Waals surface area (Å²) in [6.07, 6.45) is 0. The third-order valence-corrected chi connectivity index (χ3v) is 3.31. The zero-order chi connectivity index (χ0) is 10.3. The van der Waals surface area contributed by atoms with E-state index in [1.165, 1.54) is 0 Å². The lowest BCUT2D eigenvalue weighted by atomic mass is 10.0. The number of fused-ring (bicyclic) bond motifs is 2. The van der Waals surface area contributed by atoms with Gasteiger partial charge in [0, 0.05) is 17.5 Å². The summed E-state index contributed by atoms with van der Waals surface area (Å²) in [6.45, 7) is 2.59. The Labute approximate surface area is 93.8 Å². The molecule has 3 nitrogen and oxygen atoms in total. The molecule has 0 spiro atoms. The van der Waals surface area contributed by atoms with Gasteiger partial charge in [-0.3, -0.25) is 0 Å². The van der Waals surface area contributed by atoms with Crippen molar-refractivity contribution < 1.29 is 4.74 Å². The van der Waals surface area contributed by atoms with E-state index in [-0.39, 0.29) is 0 Å². The Balaban J connectivity index is 1.94. The van der Waals surface area contributed by atoms with Gasteiger partial charge in [0.15, 0.2) is 0 Å². The lowest BCUT2D eigenvalue weighted by Crippen LogP contribution is -2.29. The van der Waals surface area contributed by atoms with Crippen LogP contribution in [0.15, 0.2) is 18.2 Å². The first kappa shape index (κ1) is 9.31. The summed E-state index contributed by atoms with van der Waals surface area (Å²) in [5.74, 6) is 0.552. The molecule has 0 bridgehead atoms. The summed E-state index contributed by atoms with van der Waals surface area (Å²) in [4.78, 5) is 0. The van der Waals surface area contributed by atoms with Gasteiger partial charge in [0.1, 0.15) is 0 Å². The quantitative estimate of drug-likeness (QED) is 0.709. The molecule has 0 saturated carbocycles. The van der Waals surface area contributed by atoms with E-state index in [4.69, 9.17) is 16.3 Å². The van der Waals surface area contributed by atoms with Crippen LogP contribution >= 0.6 is 11.6 Å². The van der Waals surface area contributed by atoms with Gasteiger partial charge in [0.2, 0.25) is 0 Å². The summed E-state index contributed by atoms with van der Waals surface area (Å²) >= 11 is 5.97. The Morgan fingerprint density at radius 2 is 2.20 bits per heavy atom. The third-order valence-electron chi connectivity index (χ3n) is 3.08. The van der Waals surface area contributed by atoms with E-state index in [0.29, 0.717) is 12.0 Å². The SMILES string of the molecule is Clc1ccc2c(c1)NC1COCC1CN2. The average Bonchev–Trinajstić information content (AvgIpc) is 2.58. The summed E-state index contributed by atoms with van der Waals surface area (Å²) in [5, 5.41) is 7.68. The highest BCUT2D eigenvalue weighted by molar-refractivity contribution is 6.31. The van der Waals surface area contributed by atoms with E-state index in [9.17, 15) is 0 Å². The largest absolute Gasteiger partial charge is 0.383 e. The van der Waals surface area contributed by atoms with Crippen molar-refractivity contribution in [2.24, 2.45) is 5.92 Å². The summed E-state index contributed by atoms with van der Waals surface area (Å²) in [6, 6.07) is 6.31. The number of hydrogen-bond acceptors (Lipinski definition) is 3. The van der Waals surface area contributed by atoms with Gasteiger partial charge in [-0.1, -0.05) is 11.6 Å². The maximum atomic E-state index is 5.97. The van der Waals surface area contributed by atoms with Gasteiger partial charge in [0.25, 0.3) is 0 Å². The Morgan fingerprint density at radius 1 is 1.27 bits per heavy atom. The van der Waals surface area contributed by atoms with Gasteiger partial charge in [0.05, 0.1) is 30.6 Å². The first-order valence-electron chi connectivity index (χ1n) is 5.20. The van der Waals surface area contributed by atoms with Crippen LogP contribution in [0.2, 0.25) is 5.02 Å². The molecule has 0 amide bonds. The highest BCUT2D eigenvalue weighted by atomic mass is 35.5. The number of anilines is 2. The van der Waals surface area contributed by atoms with Crippen LogP contribution in [0.25, 0.3) is 0 Å². The molecule has 2 unspecified atom stereocenters. The topological polar surface area (TPSA) is 33.3 Å². The van der Waals surface area contributed by atoms with Crippen LogP contribution in [-0.4, -0.2) is 25.8 Å². The van der Waals surface area contributed by atoms with Crippen molar-refractivity contribution in [1.82, 2.24) is 0 Å². The summed E-state index contributed by atoms with van der Waals surface area (Å²) in [7, 11) is 0. The van der Waals surface area contributed by atoms with Crippen LogP contribution in [0.3, 0.4) is 0 Å². The van der Waals surface area contributed by atoms with Crippen molar-refractivity contribution >= 4 is 23.0 Å². The monoisotopic (exact) mass is 224 g/mol. The van der Waals surface area contributed by atoms with E-state index in [1.807, 2.05) is 18.2 Å². The lowest BCUT2D eigenvalue weighted by Gasteiger charge is -2.15. The van der Waals surface area contributed by atoms with Crippen LogP contribution in [0, 0.1) is 5.92 Å². The molecular formula is C11H13ClN2O. The number of rotatable bonds is 0. The van der Waals surface area contributed by atoms with E-state index < -0.39 is 0 Å². The van der Waals surface area contributed by atoms with Gasteiger partial charge >= 0.3 is 0 Å². The van der Waals surface area contributed by atoms with Crippen molar-refractivity contribution in [2.45, 2.75) is 6.04 Å². The van der Waals surface area contributed by atoms with Crippen LogP contribution in [0.1, 0.15) is 0 Å². The predicted octanol–water partition coefficient (Wildman–Crippen LogP) is 2.19. The molecule has 1 fully saturated rings. The van der Waals surface area contributed by atoms with E-state index in [2.05, 4.69) is 10.6 Å². The zero-order valence-corrected chi connectivity index (χ0v) is 9.05. The number of hydrogen-bond donors (Lipinski definition) is 2. The maximum absolute atomic E-state index is 5.97. The third kappa shape index (κ3) is 1.66. The molecule has 2 atom stereocenters. The molecule has 3 rings (SSSR count). The van der Waals surface area contributed by atoms with Crippen LogP contribution in [0.5, 0.6) is 0 Å². The second kappa shape index (κ2) is 3.58. The van der Waals surface area contributed by atoms with Gasteiger partial charge in [-0.15, -0.1) is 0 Å². The van der Waals surface area contributed by atoms with E-state index >= 15 is 0 Å². The van der Waals surface area contributed by atoms with Gasteiger partial charge < -0.3 is 15.4 Å². The van der Waals surface area contributed by atoms with Gasteiger partial charge in [-0.25, -0.2) is 0 Å². The molecule has 0 radical (unpaired) electrons. The molecule has 2 heterocycles. The Morgan fingerprint density at radius 3 is 3.13 bits per heavy atom. The molecule has 2 N–H and O–H groups in total. The fraction of sp³-hybridized carbons (Fsp3) is 0.455. The van der Waals surface area contributed by atoms with Crippen LogP contribution in [0.4, 0.5) is 11.4 Å². The van der Waals surface area contributed by atoms with Crippen molar-refractivity contribution in [3.63, 3.8) is 0 Å². The number of ether oxygens (including phenoxy) is 1. The highest BCUT2D eigenvalue weighted by Gasteiger charge is 2.30. The highest BCUT2D eigenvalue weighted by Crippen LogP contribution is 2.31. The van der Waals surface area contributed by atoms with Gasteiger partial charge in [-0.2, -0.15) is 0 Å². The molecule has 1 aromatic rings. The maximum Gasteiger partial charge on any atom is 0.0672 e. The Kier molecular flexibility index (Phi) is 2.22. The Hall–Kier alpha value is -0.930. The van der Waals surface area contributed by atoms with E-state index in [1.54, 1.807) is 0 Å². The van der Waals surface area contributed by atoms with Crippen molar-refractivity contribution in [2.75, 3.05) is 30.4 Å². The van der Waals surface area contributed by atoms with Crippen molar-refractivity contribution in [3.8, 4) is 0 Å². The number of halogens is 1. The molecule has 15 heavy (non-hydrogen) atoms. The molecule has 1 saturated heterocycles. The zero-order valence-electron chi connectivity index (χ0n) is 8.29. The molecule has 0 aliphatic carbocycles. The van der Waals surface area contributed by atoms with Crippen molar-refractivity contribution in [1.29, 1.82) is 0 Å². The molecular weight excluding hydrogens is 212 g/mol. The first-order chi connectivity index (χ1) is 7.33.